The van der Waals surface area contributed by atoms with E-state index in [-0.39, 0.29) is 11.9 Å². The van der Waals surface area contributed by atoms with Crippen molar-refractivity contribution >= 4 is 27.9 Å². The number of imidazole rings is 1. The quantitative estimate of drug-likeness (QED) is 0.522. The van der Waals surface area contributed by atoms with Crippen molar-refractivity contribution in [2.45, 2.75) is 19.4 Å². The molecule has 2 aromatic heterocycles. The third kappa shape index (κ3) is 2.28. The molecule has 0 aliphatic carbocycles. The second-order valence-electron chi connectivity index (χ2n) is 6.62. The summed E-state index contributed by atoms with van der Waals surface area (Å²) < 4.78 is 1.92. The Morgan fingerprint density at radius 2 is 1.88 bits per heavy atom. The summed E-state index contributed by atoms with van der Waals surface area (Å²) in [6.07, 6.45) is 2.86. The van der Waals surface area contributed by atoms with E-state index in [1.807, 2.05) is 69.4 Å². The fourth-order valence-corrected chi connectivity index (χ4v) is 4.53. The number of rotatable bonds is 2. The molecule has 26 heavy (non-hydrogen) atoms. The summed E-state index contributed by atoms with van der Waals surface area (Å²) in [6.45, 7) is 2.10. The first kappa shape index (κ1) is 15.3. The monoisotopic (exact) mass is 359 g/mol. The van der Waals surface area contributed by atoms with Gasteiger partial charge in [-0.3, -0.25) is 9.20 Å². The zero-order chi connectivity index (χ0) is 17.7. The minimum Gasteiger partial charge on any atom is -0.304 e. The van der Waals surface area contributed by atoms with Gasteiger partial charge in [0.05, 0.1) is 5.69 Å². The third-order valence-electron chi connectivity index (χ3n) is 4.92. The second-order valence-corrected chi connectivity index (χ2v) is 7.46. The summed E-state index contributed by atoms with van der Waals surface area (Å²) >= 11 is 1.50. The van der Waals surface area contributed by atoms with Gasteiger partial charge >= 0.3 is 0 Å². The number of carbonyl (C=O) groups is 1. The molecule has 0 fully saturated rings. The van der Waals surface area contributed by atoms with Crippen molar-refractivity contribution < 1.29 is 4.79 Å². The SMILES string of the molecule is CC1Cc2ccccc2N1C(=O)c1csc2nc(-c3ccccc3)cn12. The van der Waals surface area contributed by atoms with Crippen molar-refractivity contribution in [3.63, 3.8) is 0 Å². The van der Waals surface area contributed by atoms with E-state index in [4.69, 9.17) is 0 Å². The minimum absolute atomic E-state index is 0.0331. The van der Waals surface area contributed by atoms with Gasteiger partial charge in [-0.15, -0.1) is 11.3 Å². The van der Waals surface area contributed by atoms with Gasteiger partial charge in [0.2, 0.25) is 0 Å². The molecule has 0 bridgehead atoms. The topological polar surface area (TPSA) is 37.6 Å². The van der Waals surface area contributed by atoms with Gasteiger partial charge in [-0.05, 0) is 25.0 Å². The molecule has 128 valence electrons. The first-order valence-electron chi connectivity index (χ1n) is 8.66. The molecule has 3 heterocycles. The Hall–Kier alpha value is -2.92. The summed E-state index contributed by atoms with van der Waals surface area (Å²) in [5.74, 6) is 0.0331. The van der Waals surface area contributed by atoms with Crippen LogP contribution >= 0.6 is 11.3 Å². The number of hydrogen-bond donors (Lipinski definition) is 0. The number of para-hydroxylation sites is 1. The number of hydrogen-bond acceptors (Lipinski definition) is 3. The zero-order valence-corrected chi connectivity index (χ0v) is 15.1. The summed E-state index contributed by atoms with van der Waals surface area (Å²) in [4.78, 5) is 20.8. The van der Waals surface area contributed by atoms with E-state index in [0.717, 1.165) is 28.3 Å². The van der Waals surface area contributed by atoms with Crippen LogP contribution in [-0.2, 0) is 6.42 Å². The van der Waals surface area contributed by atoms with Crippen molar-refractivity contribution in [1.29, 1.82) is 0 Å². The van der Waals surface area contributed by atoms with Gasteiger partial charge in [0.1, 0.15) is 5.69 Å². The van der Waals surface area contributed by atoms with Crippen LogP contribution in [0.5, 0.6) is 0 Å². The molecule has 1 aliphatic heterocycles. The largest absolute Gasteiger partial charge is 0.304 e. The highest BCUT2D eigenvalue weighted by Crippen LogP contribution is 2.34. The number of nitrogens with zero attached hydrogens (tertiary/aromatic N) is 3. The molecule has 0 saturated heterocycles. The third-order valence-corrected chi connectivity index (χ3v) is 5.76. The molecule has 1 atom stereocenters. The van der Waals surface area contributed by atoms with Crippen LogP contribution in [0.4, 0.5) is 5.69 Å². The first-order chi connectivity index (χ1) is 12.7. The maximum absolute atomic E-state index is 13.3. The number of amides is 1. The Kier molecular flexibility index (Phi) is 3.43. The van der Waals surface area contributed by atoms with E-state index in [9.17, 15) is 4.79 Å². The van der Waals surface area contributed by atoms with Gasteiger partial charge in [-0.2, -0.15) is 0 Å². The minimum atomic E-state index is 0.0331. The van der Waals surface area contributed by atoms with Gasteiger partial charge in [-0.1, -0.05) is 48.5 Å². The molecule has 2 aromatic carbocycles. The number of anilines is 1. The Morgan fingerprint density at radius 3 is 2.73 bits per heavy atom. The Bertz CT molecular complexity index is 1110. The predicted octanol–water partition coefficient (Wildman–Crippen LogP) is 4.65. The van der Waals surface area contributed by atoms with Crippen LogP contribution in [0.25, 0.3) is 16.2 Å². The number of carbonyl (C=O) groups excluding carboxylic acids is 1. The lowest BCUT2D eigenvalue weighted by atomic mass is 10.1. The Morgan fingerprint density at radius 1 is 1.12 bits per heavy atom. The lowest BCUT2D eigenvalue weighted by Crippen LogP contribution is -2.36. The maximum Gasteiger partial charge on any atom is 0.276 e. The lowest BCUT2D eigenvalue weighted by Gasteiger charge is -2.22. The van der Waals surface area contributed by atoms with Crippen LogP contribution < -0.4 is 4.90 Å². The average molecular weight is 359 g/mol. The maximum atomic E-state index is 13.3. The fraction of sp³-hybridized carbons (Fsp3) is 0.143. The fourth-order valence-electron chi connectivity index (χ4n) is 3.68. The van der Waals surface area contributed by atoms with Gasteiger partial charge in [0, 0.05) is 28.9 Å². The summed E-state index contributed by atoms with van der Waals surface area (Å²) in [6, 6.07) is 18.4. The van der Waals surface area contributed by atoms with Crippen molar-refractivity contribution in [3.05, 3.63) is 77.4 Å². The van der Waals surface area contributed by atoms with Gasteiger partial charge < -0.3 is 4.90 Å². The lowest BCUT2D eigenvalue weighted by molar-refractivity contribution is 0.0976. The van der Waals surface area contributed by atoms with Crippen LogP contribution in [0.2, 0.25) is 0 Å². The standard InChI is InChI=1S/C21H17N3OS/c1-14-11-16-9-5-6-10-18(16)24(14)20(25)19-13-26-21-22-17(12-23(19)21)15-7-3-2-4-8-15/h2-10,12-14H,11H2,1H3. The normalized spacial score (nSPS) is 16.2. The van der Waals surface area contributed by atoms with E-state index >= 15 is 0 Å². The number of thiazole rings is 1. The highest BCUT2D eigenvalue weighted by atomic mass is 32.1. The molecular formula is C21H17N3OS. The number of aromatic nitrogens is 2. The van der Waals surface area contributed by atoms with E-state index in [1.54, 1.807) is 0 Å². The molecule has 1 amide bonds. The number of benzene rings is 2. The summed E-state index contributed by atoms with van der Waals surface area (Å²) in [5, 5.41) is 1.91. The molecule has 5 heteroatoms. The molecule has 0 saturated carbocycles. The van der Waals surface area contributed by atoms with Crippen LogP contribution in [0.3, 0.4) is 0 Å². The highest BCUT2D eigenvalue weighted by molar-refractivity contribution is 7.15. The van der Waals surface area contributed by atoms with E-state index in [1.165, 1.54) is 16.9 Å². The van der Waals surface area contributed by atoms with E-state index < -0.39 is 0 Å². The van der Waals surface area contributed by atoms with E-state index in [2.05, 4.69) is 18.0 Å². The van der Waals surface area contributed by atoms with Crippen LogP contribution in [0.1, 0.15) is 23.0 Å². The highest BCUT2D eigenvalue weighted by Gasteiger charge is 2.32. The molecule has 0 radical (unpaired) electrons. The molecule has 0 N–H and O–H groups in total. The summed E-state index contributed by atoms with van der Waals surface area (Å²) in [5.41, 5.74) is 4.87. The van der Waals surface area contributed by atoms with Crippen molar-refractivity contribution in [2.24, 2.45) is 0 Å². The zero-order valence-electron chi connectivity index (χ0n) is 14.3. The van der Waals surface area contributed by atoms with Crippen LogP contribution in [0, 0.1) is 0 Å². The molecule has 4 aromatic rings. The van der Waals surface area contributed by atoms with Gasteiger partial charge in [-0.25, -0.2) is 4.98 Å². The smallest absolute Gasteiger partial charge is 0.276 e. The van der Waals surface area contributed by atoms with E-state index in [0.29, 0.717) is 5.69 Å². The van der Waals surface area contributed by atoms with Crippen molar-refractivity contribution in [1.82, 2.24) is 9.38 Å². The van der Waals surface area contributed by atoms with Crippen molar-refractivity contribution in [2.75, 3.05) is 4.90 Å². The number of fused-ring (bicyclic) bond motifs is 2. The molecule has 4 nitrogen and oxygen atoms in total. The van der Waals surface area contributed by atoms with Gasteiger partial charge in [0.25, 0.3) is 5.91 Å². The average Bonchev–Trinajstić information content (AvgIpc) is 3.33. The van der Waals surface area contributed by atoms with Crippen LogP contribution in [-0.4, -0.2) is 21.3 Å². The molecular weight excluding hydrogens is 342 g/mol. The molecule has 1 aliphatic rings. The predicted molar refractivity (Wildman–Crippen MR) is 105 cm³/mol. The van der Waals surface area contributed by atoms with Crippen molar-refractivity contribution in [3.8, 4) is 11.3 Å². The van der Waals surface area contributed by atoms with Crippen LogP contribution in [0.15, 0.2) is 66.2 Å². The first-order valence-corrected chi connectivity index (χ1v) is 9.54. The molecule has 5 rings (SSSR count). The summed E-state index contributed by atoms with van der Waals surface area (Å²) in [7, 11) is 0. The molecule has 0 spiro atoms. The Balaban J connectivity index is 1.57. The second kappa shape index (κ2) is 5.81. The Labute approximate surface area is 155 Å². The van der Waals surface area contributed by atoms with Gasteiger partial charge in [0.15, 0.2) is 4.96 Å². The molecule has 1 unspecified atom stereocenters.